The predicted octanol–water partition coefficient (Wildman–Crippen LogP) is 0.988. The van der Waals surface area contributed by atoms with Crippen LogP contribution in [0.25, 0.3) is 0 Å². The Morgan fingerprint density at radius 1 is 1.58 bits per heavy atom. The van der Waals surface area contributed by atoms with E-state index in [1.54, 1.807) is 0 Å². The van der Waals surface area contributed by atoms with Gasteiger partial charge in [-0.3, -0.25) is 5.32 Å². The third-order valence-corrected chi connectivity index (χ3v) is 1.84. The molecule has 1 aromatic heterocycles. The largest absolute Gasteiger partial charge is 0.338 e. The zero-order valence-electron chi connectivity index (χ0n) is 6.92. The molecular weight excluding hydrogens is 176 g/mol. The molecule has 0 aromatic carbocycles. The van der Waals surface area contributed by atoms with E-state index in [4.69, 9.17) is 0 Å². The summed E-state index contributed by atoms with van der Waals surface area (Å²) in [4.78, 5) is 10.9. The summed E-state index contributed by atoms with van der Waals surface area (Å²) in [5.74, 6) is 0. The Morgan fingerprint density at radius 2 is 2.33 bits per heavy atom. The van der Waals surface area contributed by atoms with E-state index in [9.17, 15) is 4.79 Å². The standard InChI is InChI=1S/C6H10N4OS/c1-3-7-5(11)8-6-10-9-4(2)12-6/h3H2,1-2H3,(H2,7,8,10,11). The second-order valence-electron chi connectivity index (χ2n) is 2.11. The number of aromatic nitrogens is 2. The van der Waals surface area contributed by atoms with Gasteiger partial charge < -0.3 is 5.32 Å². The number of carbonyl (C=O) groups is 1. The third-order valence-electron chi connectivity index (χ3n) is 1.08. The molecule has 66 valence electrons. The maximum atomic E-state index is 10.9. The summed E-state index contributed by atoms with van der Waals surface area (Å²) < 4.78 is 0. The van der Waals surface area contributed by atoms with Gasteiger partial charge >= 0.3 is 6.03 Å². The first-order valence-electron chi connectivity index (χ1n) is 3.57. The molecule has 0 aliphatic carbocycles. The van der Waals surface area contributed by atoms with Crippen LogP contribution in [0.15, 0.2) is 0 Å². The lowest BCUT2D eigenvalue weighted by Crippen LogP contribution is -2.28. The highest BCUT2D eigenvalue weighted by Crippen LogP contribution is 2.12. The molecule has 0 saturated heterocycles. The molecule has 0 atom stereocenters. The van der Waals surface area contributed by atoms with Gasteiger partial charge in [-0.25, -0.2) is 4.79 Å². The van der Waals surface area contributed by atoms with Gasteiger partial charge in [0, 0.05) is 6.54 Å². The van der Waals surface area contributed by atoms with Crippen molar-refractivity contribution in [3.63, 3.8) is 0 Å². The highest BCUT2D eigenvalue weighted by Gasteiger charge is 2.03. The van der Waals surface area contributed by atoms with Crippen LogP contribution in [0.4, 0.5) is 9.93 Å². The lowest BCUT2D eigenvalue weighted by molar-refractivity contribution is 0.252. The normalized spacial score (nSPS) is 9.50. The van der Waals surface area contributed by atoms with Crippen LogP contribution in [0.5, 0.6) is 0 Å². The second kappa shape index (κ2) is 4.01. The van der Waals surface area contributed by atoms with Gasteiger partial charge in [0.05, 0.1) is 0 Å². The number of anilines is 1. The lowest BCUT2D eigenvalue weighted by Gasteiger charge is -1.99. The third kappa shape index (κ3) is 2.46. The highest BCUT2D eigenvalue weighted by molar-refractivity contribution is 7.15. The van der Waals surface area contributed by atoms with Crippen molar-refractivity contribution in [2.75, 3.05) is 11.9 Å². The predicted molar refractivity (Wildman–Crippen MR) is 47.3 cm³/mol. The average molecular weight is 186 g/mol. The number of nitrogens with one attached hydrogen (secondary N) is 2. The number of carbonyl (C=O) groups excluding carboxylic acids is 1. The van der Waals surface area contributed by atoms with Crippen molar-refractivity contribution in [3.8, 4) is 0 Å². The van der Waals surface area contributed by atoms with Crippen molar-refractivity contribution in [1.82, 2.24) is 15.5 Å². The van der Waals surface area contributed by atoms with Crippen LogP contribution in [-0.4, -0.2) is 22.8 Å². The molecule has 0 radical (unpaired) electrons. The Balaban J connectivity index is 2.46. The summed E-state index contributed by atoms with van der Waals surface area (Å²) in [6.07, 6.45) is 0. The quantitative estimate of drug-likeness (QED) is 0.723. The van der Waals surface area contributed by atoms with E-state index < -0.39 is 0 Å². The molecule has 1 aromatic rings. The monoisotopic (exact) mass is 186 g/mol. The number of nitrogens with zero attached hydrogens (tertiary/aromatic N) is 2. The van der Waals surface area contributed by atoms with Gasteiger partial charge in [0.2, 0.25) is 5.13 Å². The van der Waals surface area contributed by atoms with Crippen molar-refractivity contribution in [3.05, 3.63) is 5.01 Å². The molecule has 0 aliphatic heterocycles. The molecule has 2 N–H and O–H groups in total. The molecule has 1 rings (SSSR count). The van der Waals surface area contributed by atoms with Gasteiger partial charge in [-0.15, -0.1) is 10.2 Å². The van der Waals surface area contributed by atoms with Gasteiger partial charge in [0.15, 0.2) is 0 Å². The summed E-state index contributed by atoms with van der Waals surface area (Å²) in [6, 6.07) is -0.242. The number of amides is 2. The van der Waals surface area contributed by atoms with Crippen molar-refractivity contribution in [2.45, 2.75) is 13.8 Å². The number of rotatable bonds is 2. The first-order valence-corrected chi connectivity index (χ1v) is 4.39. The minimum atomic E-state index is -0.242. The van der Waals surface area contributed by atoms with E-state index in [1.165, 1.54) is 11.3 Å². The fraction of sp³-hybridized carbons (Fsp3) is 0.500. The van der Waals surface area contributed by atoms with Gasteiger partial charge in [-0.1, -0.05) is 11.3 Å². The number of hydrogen-bond donors (Lipinski definition) is 2. The fourth-order valence-corrected chi connectivity index (χ4v) is 1.24. The summed E-state index contributed by atoms with van der Waals surface area (Å²) >= 11 is 1.35. The van der Waals surface area contributed by atoms with Crippen LogP contribution >= 0.6 is 11.3 Å². The zero-order chi connectivity index (χ0) is 8.97. The van der Waals surface area contributed by atoms with Gasteiger partial charge in [0.1, 0.15) is 5.01 Å². The van der Waals surface area contributed by atoms with Crippen LogP contribution < -0.4 is 10.6 Å². The first-order chi connectivity index (χ1) is 5.72. The van der Waals surface area contributed by atoms with Crippen LogP contribution in [-0.2, 0) is 0 Å². The van der Waals surface area contributed by atoms with Gasteiger partial charge in [-0.2, -0.15) is 0 Å². The van der Waals surface area contributed by atoms with E-state index >= 15 is 0 Å². The molecular formula is C6H10N4OS. The van der Waals surface area contributed by atoms with Crippen LogP contribution in [0.1, 0.15) is 11.9 Å². The van der Waals surface area contributed by atoms with Crippen LogP contribution in [0.2, 0.25) is 0 Å². The van der Waals surface area contributed by atoms with Gasteiger partial charge in [-0.05, 0) is 13.8 Å². The number of urea groups is 1. The lowest BCUT2D eigenvalue weighted by atomic mass is 10.7. The van der Waals surface area contributed by atoms with Crippen molar-refractivity contribution in [2.24, 2.45) is 0 Å². The maximum absolute atomic E-state index is 10.9. The van der Waals surface area contributed by atoms with Crippen molar-refractivity contribution >= 4 is 22.5 Å². The molecule has 0 saturated carbocycles. The molecule has 0 unspecified atom stereocenters. The van der Waals surface area contributed by atoms with E-state index in [1.807, 2.05) is 13.8 Å². The molecule has 2 amide bonds. The van der Waals surface area contributed by atoms with E-state index in [0.717, 1.165) is 5.01 Å². The Morgan fingerprint density at radius 3 is 2.83 bits per heavy atom. The van der Waals surface area contributed by atoms with Gasteiger partial charge in [0.25, 0.3) is 0 Å². The second-order valence-corrected chi connectivity index (χ2v) is 3.29. The Labute approximate surface area is 74.2 Å². The van der Waals surface area contributed by atoms with E-state index in [0.29, 0.717) is 11.7 Å². The summed E-state index contributed by atoms with van der Waals surface area (Å²) in [5.41, 5.74) is 0. The topological polar surface area (TPSA) is 66.9 Å². The van der Waals surface area contributed by atoms with Crippen molar-refractivity contribution < 1.29 is 4.79 Å². The minimum absolute atomic E-state index is 0.242. The minimum Gasteiger partial charge on any atom is -0.338 e. The molecule has 0 aliphatic rings. The Hall–Kier alpha value is -1.17. The smallest absolute Gasteiger partial charge is 0.321 e. The maximum Gasteiger partial charge on any atom is 0.321 e. The summed E-state index contributed by atoms with van der Waals surface area (Å²) in [6.45, 7) is 4.29. The number of hydrogen-bond acceptors (Lipinski definition) is 4. The summed E-state index contributed by atoms with van der Waals surface area (Å²) in [7, 11) is 0. The van der Waals surface area contributed by atoms with Crippen LogP contribution in [0.3, 0.4) is 0 Å². The highest BCUT2D eigenvalue weighted by atomic mass is 32.1. The Bertz CT molecular complexity index is 272. The molecule has 0 spiro atoms. The molecule has 12 heavy (non-hydrogen) atoms. The fourth-order valence-electron chi connectivity index (χ4n) is 0.649. The first kappa shape index (κ1) is 8.92. The summed E-state index contributed by atoms with van der Waals surface area (Å²) in [5, 5.41) is 14.0. The van der Waals surface area contributed by atoms with E-state index in [-0.39, 0.29) is 6.03 Å². The Kier molecular flexibility index (Phi) is 2.98. The van der Waals surface area contributed by atoms with Crippen LogP contribution in [0, 0.1) is 6.92 Å². The number of aryl methyl sites for hydroxylation is 1. The van der Waals surface area contributed by atoms with E-state index in [2.05, 4.69) is 20.8 Å². The average Bonchev–Trinajstić information content (AvgIpc) is 2.36. The SMILES string of the molecule is CCNC(=O)Nc1nnc(C)s1. The molecule has 6 heteroatoms. The molecule has 1 heterocycles. The molecule has 0 fully saturated rings. The van der Waals surface area contributed by atoms with Crippen molar-refractivity contribution in [1.29, 1.82) is 0 Å². The molecule has 5 nitrogen and oxygen atoms in total. The zero-order valence-corrected chi connectivity index (χ0v) is 7.73. The molecule has 0 bridgehead atoms.